The first-order valence-corrected chi connectivity index (χ1v) is 10.6. The van der Waals surface area contributed by atoms with E-state index in [4.69, 9.17) is 11.6 Å². The molecular weight excluding hydrogens is 427 g/mol. The van der Waals surface area contributed by atoms with E-state index in [0.717, 1.165) is 18.2 Å². The van der Waals surface area contributed by atoms with Gasteiger partial charge in [-0.2, -0.15) is 0 Å². The van der Waals surface area contributed by atoms with Gasteiger partial charge in [0.2, 0.25) is 9.84 Å². The molecule has 1 aliphatic heterocycles. The Morgan fingerprint density at radius 3 is 2.24 bits per heavy atom. The van der Waals surface area contributed by atoms with E-state index in [1.807, 2.05) is 0 Å². The zero-order chi connectivity index (χ0) is 20.8. The Morgan fingerprint density at radius 2 is 1.66 bits per heavy atom. The number of aromatic nitrogens is 2. The number of sulfone groups is 1. The number of hydrogen-bond donors (Lipinski definition) is 2. The Labute approximate surface area is 169 Å². The Morgan fingerprint density at radius 1 is 1.00 bits per heavy atom. The molecule has 0 radical (unpaired) electrons. The molecule has 1 atom stereocenters. The van der Waals surface area contributed by atoms with Crippen molar-refractivity contribution in [3.8, 4) is 0 Å². The van der Waals surface area contributed by atoms with E-state index in [1.54, 1.807) is 0 Å². The molecule has 1 unspecified atom stereocenters. The molecule has 0 saturated carbocycles. The van der Waals surface area contributed by atoms with E-state index in [1.165, 1.54) is 24.4 Å². The monoisotopic (exact) mass is 441 g/mol. The zero-order valence-corrected chi connectivity index (χ0v) is 16.4. The van der Waals surface area contributed by atoms with E-state index in [0.29, 0.717) is 24.2 Å². The third-order valence-electron chi connectivity index (χ3n) is 4.88. The van der Waals surface area contributed by atoms with Gasteiger partial charge in [0.25, 0.3) is 0 Å². The van der Waals surface area contributed by atoms with Gasteiger partial charge in [-0.3, -0.25) is 0 Å². The summed E-state index contributed by atoms with van der Waals surface area (Å²) < 4.78 is 66.2. The molecule has 0 amide bonds. The number of benzene rings is 2. The molecule has 2 N–H and O–H groups in total. The van der Waals surface area contributed by atoms with Crippen LogP contribution in [0.3, 0.4) is 0 Å². The summed E-state index contributed by atoms with van der Waals surface area (Å²) in [5.74, 6) is -3.36. The number of H-pyrrole nitrogens is 1. The van der Waals surface area contributed by atoms with Crippen LogP contribution in [-0.4, -0.2) is 36.7 Å². The molecule has 10 heteroatoms. The lowest BCUT2D eigenvalue weighted by Crippen LogP contribution is -2.51. The maximum Gasteiger partial charge on any atom is 0.202 e. The summed E-state index contributed by atoms with van der Waals surface area (Å²) in [6.45, 7) is 0.676. The second-order valence-electron chi connectivity index (χ2n) is 6.73. The molecule has 5 nitrogen and oxygen atoms in total. The highest BCUT2D eigenvalue weighted by atomic mass is 35.5. The molecule has 3 aromatic rings. The molecule has 0 spiro atoms. The molecule has 2 heterocycles. The molecular formula is C19H15ClF3N3O2S. The molecule has 4 rings (SSSR count). The second kappa shape index (κ2) is 7.47. The topological polar surface area (TPSA) is 74.8 Å². The van der Waals surface area contributed by atoms with Crippen LogP contribution in [0.1, 0.15) is 22.9 Å². The lowest BCUT2D eigenvalue weighted by Gasteiger charge is -2.25. The fourth-order valence-electron chi connectivity index (χ4n) is 3.16. The van der Waals surface area contributed by atoms with Gasteiger partial charge in [-0.1, -0.05) is 23.7 Å². The molecule has 1 saturated heterocycles. The Kier molecular flexibility index (Phi) is 5.14. The first-order chi connectivity index (χ1) is 13.8. The van der Waals surface area contributed by atoms with Crippen LogP contribution in [0, 0.1) is 17.5 Å². The maximum atomic E-state index is 13.9. The van der Waals surface area contributed by atoms with Gasteiger partial charge in [0.05, 0.1) is 16.2 Å². The predicted octanol–water partition coefficient (Wildman–Crippen LogP) is 3.41. The van der Waals surface area contributed by atoms with Crippen LogP contribution in [0.5, 0.6) is 0 Å². The largest absolute Gasteiger partial charge is 0.347 e. The average molecular weight is 442 g/mol. The maximum absolute atomic E-state index is 13.9. The molecule has 152 valence electrons. The fraction of sp³-hybridized carbons (Fsp3) is 0.211. The Bertz CT molecular complexity index is 1130. The van der Waals surface area contributed by atoms with Crippen LogP contribution in [0.2, 0.25) is 5.02 Å². The van der Waals surface area contributed by atoms with Crippen molar-refractivity contribution in [2.75, 3.05) is 13.1 Å². The van der Waals surface area contributed by atoms with Crippen LogP contribution in [0.4, 0.5) is 13.2 Å². The minimum atomic E-state index is -3.63. The lowest BCUT2D eigenvalue weighted by molar-refractivity contribution is 0.493. The molecule has 0 bridgehead atoms. The lowest BCUT2D eigenvalue weighted by atomic mass is 9.90. The predicted molar refractivity (Wildman–Crippen MR) is 101 cm³/mol. The van der Waals surface area contributed by atoms with Gasteiger partial charge < -0.3 is 10.3 Å². The van der Waals surface area contributed by atoms with Crippen LogP contribution >= 0.6 is 11.6 Å². The number of rotatable bonds is 5. The van der Waals surface area contributed by atoms with Gasteiger partial charge in [-0.25, -0.2) is 26.6 Å². The molecule has 29 heavy (non-hydrogen) atoms. The highest BCUT2D eigenvalue weighted by Gasteiger charge is 2.35. The van der Waals surface area contributed by atoms with Gasteiger partial charge in [0, 0.05) is 19.3 Å². The average Bonchev–Trinajstić information content (AvgIpc) is 3.10. The second-order valence-corrected chi connectivity index (χ2v) is 9.31. The summed E-state index contributed by atoms with van der Waals surface area (Å²) in [5, 5.41) is 2.03. The fourth-order valence-corrected chi connectivity index (χ4v) is 4.81. The van der Waals surface area contributed by atoms with E-state index in [2.05, 4.69) is 15.3 Å². The van der Waals surface area contributed by atoms with Crippen molar-refractivity contribution in [1.82, 2.24) is 15.3 Å². The van der Waals surface area contributed by atoms with Gasteiger partial charge in [-0.05, 0) is 35.4 Å². The summed E-state index contributed by atoms with van der Waals surface area (Å²) in [4.78, 5) is 7.03. The van der Waals surface area contributed by atoms with E-state index in [-0.39, 0.29) is 15.9 Å². The van der Waals surface area contributed by atoms with E-state index >= 15 is 0 Å². The summed E-state index contributed by atoms with van der Waals surface area (Å²) in [5.41, 5.74) is 0.737. The quantitative estimate of drug-likeness (QED) is 0.636. The first kappa shape index (κ1) is 19.9. The van der Waals surface area contributed by atoms with Crippen molar-refractivity contribution in [2.45, 2.75) is 16.2 Å². The Balaban J connectivity index is 1.82. The number of imidazole rings is 1. The number of nitrogens with one attached hydrogen (secondary N) is 2. The number of nitrogens with zero attached hydrogens (tertiary/aromatic N) is 1. The third-order valence-corrected chi connectivity index (χ3v) is 7.17. The van der Waals surface area contributed by atoms with Crippen molar-refractivity contribution in [3.63, 3.8) is 0 Å². The van der Waals surface area contributed by atoms with Crippen molar-refractivity contribution in [2.24, 2.45) is 0 Å². The summed E-state index contributed by atoms with van der Waals surface area (Å²) in [6.07, 6.45) is 1.26. The van der Waals surface area contributed by atoms with Crippen molar-refractivity contribution in [3.05, 3.63) is 82.0 Å². The summed E-state index contributed by atoms with van der Waals surface area (Å²) in [7, 11) is -3.63. The molecule has 1 aliphatic rings. The van der Waals surface area contributed by atoms with Crippen LogP contribution in [0.15, 0.2) is 47.6 Å². The minimum Gasteiger partial charge on any atom is -0.347 e. The molecule has 2 aromatic carbocycles. The molecule has 0 aliphatic carbocycles. The summed E-state index contributed by atoms with van der Waals surface area (Å²) >= 11 is 5.89. The van der Waals surface area contributed by atoms with Gasteiger partial charge in [0.1, 0.15) is 11.6 Å². The van der Waals surface area contributed by atoms with Gasteiger partial charge >= 0.3 is 0 Å². The van der Waals surface area contributed by atoms with Gasteiger partial charge in [-0.15, -0.1) is 0 Å². The third kappa shape index (κ3) is 3.65. The van der Waals surface area contributed by atoms with E-state index < -0.39 is 38.5 Å². The van der Waals surface area contributed by atoms with E-state index in [9.17, 15) is 21.6 Å². The SMILES string of the molecule is O=S(=O)(c1c[nH]c(C(c2ccc(F)c(F)c2)c2ccc(F)c(Cl)c2)n1)C1CNC1. The Hall–Kier alpha value is -2.36. The summed E-state index contributed by atoms with van der Waals surface area (Å²) in [6, 6.07) is 7.22. The zero-order valence-electron chi connectivity index (χ0n) is 14.8. The van der Waals surface area contributed by atoms with Gasteiger partial charge in [0.15, 0.2) is 16.7 Å². The number of halogens is 4. The molecule has 1 fully saturated rings. The standard InChI is InChI=1S/C19H15ClF3N3O2S/c20-13-5-10(1-3-14(13)21)18(11-2-4-15(22)16(23)6-11)19-25-9-17(26-19)29(27,28)12-7-24-8-12/h1-6,9,12,18,24H,7-8H2,(H,25,26). The van der Waals surface area contributed by atoms with Crippen molar-refractivity contribution >= 4 is 21.4 Å². The van der Waals surface area contributed by atoms with Crippen molar-refractivity contribution < 1.29 is 21.6 Å². The van der Waals surface area contributed by atoms with Crippen molar-refractivity contribution in [1.29, 1.82) is 0 Å². The highest BCUT2D eigenvalue weighted by Crippen LogP contribution is 2.34. The number of aromatic amines is 1. The first-order valence-electron chi connectivity index (χ1n) is 8.67. The highest BCUT2D eigenvalue weighted by molar-refractivity contribution is 7.92. The number of hydrogen-bond acceptors (Lipinski definition) is 4. The van der Waals surface area contributed by atoms with Crippen LogP contribution in [-0.2, 0) is 9.84 Å². The minimum absolute atomic E-state index is 0.139. The van der Waals surface area contributed by atoms with Crippen LogP contribution in [0.25, 0.3) is 0 Å². The molecule has 1 aromatic heterocycles. The van der Waals surface area contributed by atoms with Crippen LogP contribution < -0.4 is 5.32 Å². The smallest absolute Gasteiger partial charge is 0.202 e. The normalized spacial score (nSPS) is 15.9.